The van der Waals surface area contributed by atoms with E-state index in [-0.39, 0.29) is 89.3 Å². The van der Waals surface area contributed by atoms with Crippen LogP contribution in [0, 0.1) is 27.7 Å². The minimum absolute atomic E-state index is 0.00925. The molecule has 4 fully saturated rings. The summed E-state index contributed by atoms with van der Waals surface area (Å²) in [6.45, 7) is 13.1. The van der Waals surface area contributed by atoms with E-state index in [9.17, 15) is 53.5 Å². The fourth-order valence-electron chi connectivity index (χ4n) is 15.6. The van der Waals surface area contributed by atoms with Crippen LogP contribution in [0.25, 0.3) is 101 Å². The van der Waals surface area contributed by atoms with Crippen LogP contribution in [0.5, 0.6) is 11.5 Å². The molecule has 4 aromatic heterocycles. The first-order valence-electron chi connectivity index (χ1n) is 39.9. The number of alkyl halides is 10. The lowest BCUT2D eigenvalue weighted by Crippen LogP contribution is -2.44. The lowest BCUT2D eigenvalue weighted by atomic mass is 9.88. The Morgan fingerprint density at radius 1 is 0.451 bits per heavy atom. The predicted molar refractivity (Wildman–Crippen MR) is 445 cm³/mol. The third-order valence-corrected chi connectivity index (χ3v) is 23.9. The molecular formula is C90H92BBrF10N8O12. The van der Waals surface area contributed by atoms with Gasteiger partial charge in [-0.15, -0.1) is 0 Å². The van der Waals surface area contributed by atoms with Gasteiger partial charge in [-0.2, -0.15) is 43.9 Å². The normalized spacial score (nSPS) is 16.4. The van der Waals surface area contributed by atoms with Crippen molar-refractivity contribution in [1.82, 2.24) is 39.5 Å². The Morgan fingerprint density at radius 2 is 0.770 bits per heavy atom. The third-order valence-electron chi connectivity index (χ3n) is 23.0. The van der Waals surface area contributed by atoms with Crippen LogP contribution in [-0.2, 0) is 57.6 Å². The third kappa shape index (κ3) is 20.3. The standard InChI is InChI=1S/C42H39F5N4O5.C22H21BF2N2O4.C20H18BrF3N2O.C6H14O2/c1-23-27(9-6-11-29(23)38-48-32-17-25(21-50-14-4-5-15-50)31(42(45,46)47)19-36(32)54-38)28-10-7-12-30(24(28)2)39-49-33-18-26(35(56-41(43)44)20-37(33)55-39)22-51-16-8-13-34(51)40(52)53-3;1-12-14(5-3-6-15(12)23)20-26-16-9-13(18(31-22(24)25)10-19(16)30-20)11-27-8-4-7-17(27)21(28)29-2;1-12-14(5-4-6-16(12)21)19-25-17-9-13(11-26-7-2-3-8-26)15(20(22,23)24)10-18(17)27-19;1-5(2,7)6(3,4)8/h6-7,9-12,17-20,34,41H,4-5,8,13-16,21-22H2,1-3H3;3,5-6,9-10,17,22H,4,7-8,11H2,1-2H3;4-6,9-10H,2-3,7-8,11H2,1H3;7-8H,1-4H3/t34-;17-;;/m00../s1. The minimum Gasteiger partial charge on any atom is -0.468 e. The highest BCUT2D eigenvalue weighted by Gasteiger charge is 2.39. The van der Waals surface area contributed by atoms with E-state index >= 15 is 0 Å². The maximum Gasteiger partial charge on any atom is 0.416 e. The minimum atomic E-state index is -4.55. The number of carbonyl (C=O) groups is 2. The summed E-state index contributed by atoms with van der Waals surface area (Å²) in [5.41, 5.74) is 8.94. The van der Waals surface area contributed by atoms with Crippen LogP contribution in [0.2, 0.25) is 0 Å². The second-order valence-corrected chi connectivity index (χ2v) is 32.8. The molecule has 0 spiro atoms. The number of carbonyl (C=O) groups excluding carboxylic acids is 2. The molecule has 16 rings (SSSR count). The summed E-state index contributed by atoms with van der Waals surface area (Å²) in [4.78, 5) is 50.7. The number of halogens is 11. The van der Waals surface area contributed by atoms with E-state index in [2.05, 4.69) is 35.8 Å². The highest BCUT2D eigenvalue weighted by atomic mass is 79.9. The fourth-order valence-corrected chi connectivity index (χ4v) is 16.0. The van der Waals surface area contributed by atoms with Crippen LogP contribution >= 0.6 is 15.9 Å². The Hall–Kier alpha value is -10.2. The number of esters is 2. The smallest absolute Gasteiger partial charge is 0.416 e. The van der Waals surface area contributed by atoms with E-state index in [0.29, 0.717) is 93.1 Å². The number of hydrogen-bond donors (Lipinski definition) is 2. The number of nitrogens with zero attached hydrogens (tertiary/aromatic N) is 8. The number of oxazole rings is 4. The molecule has 4 aliphatic heterocycles. The van der Waals surface area contributed by atoms with Crippen LogP contribution in [0.3, 0.4) is 0 Å². The molecule has 644 valence electrons. The number of methoxy groups -OCH3 is 2. The molecule has 2 N–H and O–H groups in total. The van der Waals surface area contributed by atoms with Crippen molar-refractivity contribution in [2.75, 3.05) is 53.5 Å². The number of hydrogen-bond acceptors (Lipinski definition) is 20. The number of benzene rings is 8. The van der Waals surface area contributed by atoms with Gasteiger partial charge in [0.05, 0.1) is 36.5 Å². The molecule has 4 aliphatic rings. The zero-order valence-corrected chi connectivity index (χ0v) is 70.5. The molecule has 0 bridgehead atoms. The van der Waals surface area contributed by atoms with Crippen LogP contribution in [-0.4, -0.2) is 160 Å². The number of aliphatic hydroxyl groups is 2. The molecule has 32 heteroatoms. The molecule has 0 amide bonds. The van der Waals surface area contributed by atoms with Crippen molar-refractivity contribution in [2.45, 2.75) is 182 Å². The molecule has 0 aliphatic carbocycles. The quantitative estimate of drug-likeness (QED) is 0.0410. The van der Waals surface area contributed by atoms with Crippen molar-refractivity contribution < 1.29 is 100 Å². The summed E-state index contributed by atoms with van der Waals surface area (Å²) >= 11 is 3.46. The lowest BCUT2D eigenvalue weighted by molar-refractivity contribution is -0.146. The zero-order valence-electron chi connectivity index (χ0n) is 68.9. The van der Waals surface area contributed by atoms with Crippen molar-refractivity contribution in [3.8, 4) is 68.4 Å². The maximum atomic E-state index is 14.2. The van der Waals surface area contributed by atoms with Gasteiger partial charge in [-0.25, -0.2) is 19.9 Å². The summed E-state index contributed by atoms with van der Waals surface area (Å²) in [5, 5.41) is 18.2. The van der Waals surface area contributed by atoms with E-state index in [1.165, 1.54) is 38.5 Å². The molecule has 2 atom stereocenters. The molecule has 2 radical (unpaired) electrons. The summed E-state index contributed by atoms with van der Waals surface area (Å²) < 4.78 is 181. The molecule has 8 aromatic carbocycles. The van der Waals surface area contributed by atoms with Crippen molar-refractivity contribution in [3.63, 3.8) is 0 Å². The Morgan fingerprint density at radius 3 is 1.11 bits per heavy atom. The summed E-state index contributed by atoms with van der Waals surface area (Å²) in [6, 6.07) is 32.6. The van der Waals surface area contributed by atoms with E-state index in [1.807, 2.05) is 103 Å². The number of likely N-dealkylation sites (tertiary alicyclic amines) is 4. The van der Waals surface area contributed by atoms with Gasteiger partial charge in [-0.1, -0.05) is 63.9 Å². The van der Waals surface area contributed by atoms with Crippen LogP contribution < -0.4 is 14.9 Å². The molecule has 8 heterocycles. The van der Waals surface area contributed by atoms with Crippen LogP contribution in [0.4, 0.5) is 43.9 Å². The maximum absolute atomic E-state index is 14.2. The Labute approximate surface area is 707 Å². The summed E-state index contributed by atoms with van der Waals surface area (Å²) in [6.07, 6.45) is -2.16. The second-order valence-electron chi connectivity index (χ2n) is 31.9. The van der Waals surface area contributed by atoms with Crippen LogP contribution in [0.15, 0.2) is 143 Å². The van der Waals surface area contributed by atoms with E-state index in [1.54, 1.807) is 52.0 Å². The number of aromatic nitrogens is 4. The van der Waals surface area contributed by atoms with Gasteiger partial charge in [0.1, 0.15) is 53.5 Å². The Kier molecular flexibility index (Phi) is 27.2. The SMILES string of the molecule is CC(C)(O)C(C)(C)O.COC(=O)[C@@H]1CCCN1Cc1cc2nc(-c3cccc(-c4cccc(-c5nc6cc(CN7CCCC7)c(C(F)(F)F)cc6o5)c4C)c3C)oc2cc1OC(F)F.Cc1c(Br)cccc1-c1nc2cc(CN3CCCC3)c(C(F)(F)F)cc2o1.[B]c1cccc(-c2nc3cc(CN4CCC[C@H]4C(=O)OC)c(OC(F)F)cc3o2)c1C. The average molecular weight is 1760 g/mol. The van der Waals surface area contributed by atoms with Gasteiger partial charge < -0.3 is 46.8 Å². The van der Waals surface area contributed by atoms with Gasteiger partial charge in [0.2, 0.25) is 23.6 Å². The first-order chi connectivity index (χ1) is 57.8. The van der Waals surface area contributed by atoms with Crippen molar-refractivity contribution in [1.29, 1.82) is 0 Å². The second kappa shape index (κ2) is 37.1. The molecular weight excluding hydrogens is 1670 g/mol. The van der Waals surface area contributed by atoms with E-state index in [0.717, 1.165) is 126 Å². The zero-order chi connectivity index (χ0) is 87.6. The van der Waals surface area contributed by atoms with Crippen molar-refractivity contribution in [2.24, 2.45) is 0 Å². The first-order valence-corrected chi connectivity index (χ1v) is 40.7. The Bertz CT molecular complexity index is 5770. The number of ether oxygens (including phenoxy) is 4. The highest BCUT2D eigenvalue weighted by molar-refractivity contribution is 9.10. The summed E-state index contributed by atoms with van der Waals surface area (Å²) in [7, 11) is 8.64. The van der Waals surface area contributed by atoms with E-state index < -0.39 is 60.0 Å². The van der Waals surface area contributed by atoms with Crippen molar-refractivity contribution in [3.05, 3.63) is 181 Å². The molecule has 0 unspecified atom stereocenters. The van der Waals surface area contributed by atoms with Gasteiger partial charge in [0.25, 0.3) is 0 Å². The average Bonchev–Trinajstić information content (AvgIpc) is 1.79. The van der Waals surface area contributed by atoms with Gasteiger partial charge in [0, 0.05) is 76.2 Å². The van der Waals surface area contributed by atoms with Crippen molar-refractivity contribution >= 4 is 85.6 Å². The monoisotopic (exact) mass is 1760 g/mol. The Balaban J connectivity index is 0.000000163. The topological polar surface area (TPSA) is 229 Å². The largest absolute Gasteiger partial charge is 0.468 e. The molecule has 20 nitrogen and oxygen atoms in total. The first kappa shape index (κ1) is 89.5. The van der Waals surface area contributed by atoms with Gasteiger partial charge in [-0.05, 0) is 257 Å². The highest BCUT2D eigenvalue weighted by Crippen LogP contribution is 2.44. The predicted octanol–water partition coefficient (Wildman–Crippen LogP) is 20.0. The van der Waals surface area contributed by atoms with Crippen LogP contribution in [0.1, 0.15) is 135 Å². The fraction of sp³-hybridized carbons (Fsp3) is 0.400. The van der Waals surface area contributed by atoms with Gasteiger partial charge >= 0.3 is 37.5 Å². The van der Waals surface area contributed by atoms with E-state index in [4.69, 9.17) is 59.7 Å². The molecule has 12 aromatic rings. The summed E-state index contributed by atoms with van der Waals surface area (Å²) in [5.74, 6) is 0.356. The molecule has 4 saturated heterocycles. The molecule has 122 heavy (non-hydrogen) atoms. The number of fused-ring (bicyclic) bond motifs is 4. The van der Waals surface area contributed by atoms with Gasteiger partial charge in [-0.3, -0.25) is 29.2 Å². The number of rotatable bonds is 20. The van der Waals surface area contributed by atoms with Gasteiger partial charge in [0.15, 0.2) is 22.3 Å². The lowest BCUT2D eigenvalue weighted by Gasteiger charge is -2.31. The molecule has 0 saturated carbocycles.